The predicted molar refractivity (Wildman–Crippen MR) is 96.1 cm³/mol. The van der Waals surface area contributed by atoms with Gasteiger partial charge in [-0.05, 0) is 65.7 Å². The molecule has 0 aliphatic heterocycles. The Balaban J connectivity index is 1.62. The first-order valence-corrected chi connectivity index (χ1v) is 9.18. The van der Waals surface area contributed by atoms with Crippen LogP contribution >= 0.6 is 43.2 Å². The molecule has 2 aromatic heterocycles. The van der Waals surface area contributed by atoms with Gasteiger partial charge in [0.15, 0.2) is 0 Å². The van der Waals surface area contributed by atoms with E-state index in [4.69, 9.17) is 4.42 Å². The van der Waals surface area contributed by atoms with Crippen molar-refractivity contribution in [1.29, 1.82) is 0 Å². The third-order valence-corrected chi connectivity index (χ3v) is 5.55. The zero-order chi connectivity index (χ0) is 14.8. The molecule has 0 saturated carbocycles. The van der Waals surface area contributed by atoms with Crippen molar-refractivity contribution in [1.82, 2.24) is 5.32 Å². The highest BCUT2D eigenvalue weighted by Crippen LogP contribution is 2.27. The molecule has 2 nitrogen and oxygen atoms in total. The van der Waals surface area contributed by atoms with Crippen molar-refractivity contribution in [2.24, 2.45) is 0 Å². The molecule has 0 fully saturated rings. The lowest BCUT2D eigenvalue weighted by Gasteiger charge is -2.10. The van der Waals surface area contributed by atoms with Gasteiger partial charge in [-0.25, -0.2) is 0 Å². The molecule has 0 amide bonds. The standard InChI is InChI=1S/C16H15Br2NOS/c1-10(19-7-6-13-3-5-16(18)21-13)15-9-11-8-12(17)2-4-14(11)20-15/h2-5,8-10,19H,6-7H2,1H3. The highest BCUT2D eigenvalue weighted by atomic mass is 79.9. The lowest BCUT2D eigenvalue weighted by Crippen LogP contribution is -2.20. The van der Waals surface area contributed by atoms with Crippen LogP contribution in [0.5, 0.6) is 0 Å². The van der Waals surface area contributed by atoms with Gasteiger partial charge in [-0.15, -0.1) is 11.3 Å². The topological polar surface area (TPSA) is 25.2 Å². The average molecular weight is 429 g/mol. The number of furan rings is 1. The van der Waals surface area contributed by atoms with Crippen molar-refractivity contribution in [3.8, 4) is 0 Å². The Bertz CT molecular complexity index is 750. The van der Waals surface area contributed by atoms with E-state index in [0.29, 0.717) is 0 Å². The quantitative estimate of drug-likeness (QED) is 0.546. The van der Waals surface area contributed by atoms with Gasteiger partial charge in [0.1, 0.15) is 11.3 Å². The molecule has 1 atom stereocenters. The largest absolute Gasteiger partial charge is 0.459 e. The molecule has 5 heteroatoms. The first-order chi connectivity index (χ1) is 10.1. The van der Waals surface area contributed by atoms with Gasteiger partial charge in [-0.2, -0.15) is 0 Å². The second-order valence-corrected chi connectivity index (χ2v) is 8.43. The number of fused-ring (bicyclic) bond motifs is 1. The van der Waals surface area contributed by atoms with Crippen LogP contribution in [0.25, 0.3) is 11.0 Å². The lowest BCUT2D eigenvalue weighted by atomic mass is 10.2. The molecule has 0 aliphatic rings. The highest BCUT2D eigenvalue weighted by molar-refractivity contribution is 9.11. The van der Waals surface area contributed by atoms with Crippen molar-refractivity contribution in [3.63, 3.8) is 0 Å². The molecule has 110 valence electrons. The van der Waals surface area contributed by atoms with E-state index in [2.05, 4.69) is 68.4 Å². The van der Waals surface area contributed by atoms with E-state index >= 15 is 0 Å². The summed E-state index contributed by atoms with van der Waals surface area (Å²) in [5, 5.41) is 4.65. The first-order valence-electron chi connectivity index (χ1n) is 6.78. The molecule has 2 heterocycles. The average Bonchev–Trinajstić information content (AvgIpc) is 3.04. The third-order valence-electron chi connectivity index (χ3n) is 3.37. The number of hydrogen-bond donors (Lipinski definition) is 1. The van der Waals surface area contributed by atoms with Gasteiger partial charge in [0.2, 0.25) is 0 Å². The summed E-state index contributed by atoms with van der Waals surface area (Å²) in [6, 6.07) is 12.7. The highest BCUT2D eigenvalue weighted by Gasteiger charge is 2.11. The molecule has 0 aliphatic carbocycles. The van der Waals surface area contributed by atoms with Gasteiger partial charge < -0.3 is 9.73 Å². The number of nitrogens with one attached hydrogen (secondary N) is 1. The van der Waals surface area contributed by atoms with E-state index in [1.807, 2.05) is 12.1 Å². The molecule has 0 radical (unpaired) electrons. The Morgan fingerprint density at radius 2 is 2.05 bits per heavy atom. The number of rotatable bonds is 5. The van der Waals surface area contributed by atoms with E-state index in [9.17, 15) is 0 Å². The summed E-state index contributed by atoms with van der Waals surface area (Å²) in [6.45, 7) is 3.08. The lowest BCUT2D eigenvalue weighted by molar-refractivity contribution is 0.454. The zero-order valence-electron chi connectivity index (χ0n) is 11.5. The van der Waals surface area contributed by atoms with E-state index < -0.39 is 0 Å². The van der Waals surface area contributed by atoms with Crippen LogP contribution < -0.4 is 5.32 Å². The van der Waals surface area contributed by atoms with Crippen LogP contribution in [0.1, 0.15) is 23.6 Å². The Kier molecular flexibility index (Phi) is 4.84. The fourth-order valence-corrected chi connectivity index (χ4v) is 4.11. The van der Waals surface area contributed by atoms with E-state index in [0.717, 1.165) is 34.2 Å². The van der Waals surface area contributed by atoms with Gasteiger partial charge in [0.25, 0.3) is 0 Å². The smallest absolute Gasteiger partial charge is 0.134 e. The Labute approximate surface area is 144 Å². The van der Waals surface area contributed by atoms with Crippen molar-refractivity contribution in [2.45, 2.75) is 19.4 Å². The predicted octanol–water partition coefficient (Wildman–Crippen LogP) is 5.91. The Hall–Kier alpha value is -0.620. The minimum atomic E-state index is 0.208. The van der Waals surface area contributed by atoms with Gasteiger partial charge in [0, 0.05) is 21.3 Å². The maximum Gasteiger partial charge on any atom is 0.134 e. The van der Waals surface area contributed by atoms with Crippen LogP contribution in [0, 0.1) is 0 Å². The molecule has 3 rings (SSSR count). The van der Waals surface area contributed by atoms with E-state index in [1.165, 1.54) is 8.66 Å². The van der Waals surface area contributed by atoms with Crippen molar-refractivity contribution in [3.05, 3.63) is 55.3 Å². The van der Waals surface area contributed by atoms with Crippen LogP contribution in [-0.4, -0.2) is 6.54 Å². The zero-order valence-corrected chi connectivity index (χ0v) is 15.5. The van der Waals surface area contributed by atoms with Crippen LogP contribution in [0.2, 0.25) is 0 Å². The molecule has 21 heavy (non-hydrogen) atoms. The fraction of sp³-hybridized carbons (Fsp3) is 0.250. The Morgan fingerprint density at radius 1 is 1.19 bits per heavy atom. The van der Waals surface area contributed by atoms with E-state index in [-0.39, 0.29) is 6.04 Å². The summed E-state index contributed by atoms with van der Waals surface area (Å²) in [5.74, 6) is 0.982. The molecule has 0 spiro atoms. The van der Waals surface area contributed by atoms with Gasteiger partial charge >= 0.3 is 0 Å². The summed E-state index contributed by atoms with van der Waals surface area (Å²) in [4.78, 5) is 1.38. The molecule has 0 bridgehead atoms. The van der Waals surface area contributed by atoms with Crippen molar-refractivity contribution in [2.75, 3.05) is 6.54 Å². The summed E-state index contributed by atoms with van der Waals surface area (Å²) in [6.07, 6.45) is 1.03. The molecule has 0 saturated heterocycles. The SMILES string of the molecule is CC(NCCc1ccc(Br)s1)c1cc2cc(Br)ccc2o1. The maximum atomic E-state index is 5.90. The van der Waals surface area contributed by atoms with Crippen molar-refractivity contribution < 1.29 is 4.42 Å². The van der Waals surface area contributed by atoms with Crippen LogP contribution in [0.15, 0.2) is 49.1 Å². The second kappa shape index (κ2) is 6.65. The monoisotopic (exact) mass is 427 g/mol. The molecule has 1 aromatic carbocycles. The van der Waals surface area contributed by atoms with E-state index in [1.54, 1.807) is 11.3 Å². The third kappa shape index (κ3) is 3.77. The normalized spacial score (nSPS) is 12.9. The first kappa shape index (κ1) is 15.3. The number of benzene rings is 1. The molecule has 1 N–H and O–H groups in total. The number of halogens is 2. The fourth-order valence-electron chi connectivity index (χ4n) is 2.25. The number of hydrogen-bond acceptors (Lipinski definition) is 3. The summed E-state index contributed by atoms with van der Waals surface area (Å²) in [5.41, 5.74) is 0.934. The van der Waals surface area contributed by atoms with Gasteiger partial charge in [-0.1, -0.05) is 15.9 Å². The minimum Gasteiger partial charge on any atom is -0.459 e. The summed E-state index contributed by atoms with van der Waals surface area (Å²) >= 11 is 8.77. The van der Waals surface area contributed by atoms with Crippen LogP contribution in [0.4, 0.5) is 0 Å². The molecular weight excluding hydrogens is 414 g/mol. The van der Waals surface area contributed by atoms with Crippen molar-refractivity contribution >= 4 is 54.2 Å². The van der Waals surface area contributed by atoms with Crippen LogP contribution in [-0.2, 0) is 6.42 Å². The number of thiophene rings is 1. The summed E-state index contributed by atoms with van der Waals surface area (Å²) in [7, 11) is 0. The summed E-state index contributed by atoms with van der Waals surface area (Å²) < 4.78 is 8.17. The van der Waals surface area contributed by atoms with Gasteiger partial charge in [-0.3, -0.25) is 0 Å². The Morgan fingerprint density at radius 3 is 2.81 bits per heavy atom. The maximum absolute atomic E-state index is 5.90. The van der Waals surface area contributed by atoms with Crippen LogP contribution in [0.3, 0.4) is 0 Å². The minimum absolute atomic E-state index is 0.208. The molecular formula is C16H15Br2NOS. The molecule has 1 unspecified atom stereocenters. The molecule has 3 aromatic rings. The second-order valence-electron chi connectivity index (χ2n) is 4.96. The van der Waals surface area contributed by atoms with Gasteiger partial charge in [0.05, 0.1) is 9.83 Å².